The van der Waals surface area contributed by atoms with Crippen molar-refractivity contribution in [3.05, 3.63) is 75.6 Å². The van der Waals surface area contributed by atoms with Crippen molar-refractivity contribution in [2.24, 2.45) is 11.3 Å². The Bertz CT molecular complexity index is 1700. The molecule has 3 amide bonds. The van der Waals surface area contributed by atoms with E-state index in [4.69, 9.17) is 0 Å². The lowest BCUT2D eigenvalue weighted by Gasteiger charge is -2.41. The molecule has 1 saturated carbocycles. The molecule has 2 N–H and O–H groups in total. The number of benzene rings is 2. The first-order valence-electron chi connectivity index (χ1n) is 16.6. The number of fused-ring (bicyclic) bond motifs is 3. The largest absolute Gasteiger partial charge is 0.345 e. The summed E-state index contributed by atoms with van der Waals surface area (Å²) in [5.41, 5.74) is 3.78. The number of rotatable bonds is 8. The van der Waals surface area contributed by atoms with Crippen molar-refractivity contribution in [2.45, 2.75) is 76.4 Å². The maximum absolute atomic E-state index is 13.6. The van der Waals surface area contributed by atoms with Crippen molar-refractivity contribution in [2.75, 3.05) is 34.7 Å². The average Bonchev–Trinajstić information content (AvgIpc) is 3.43. The van der Waals surface area contributed by atoms with Crippen LogP contribution in [-0.4, -0.2) is 106 Å². The standard InChI is InChI=1S/C36H45N9O3/c1-35(2,3)30(38-20-31(46)45-26(19-37)16-25-17-29(25)45)18-36(34-39-41-42-40-34)27-12-10-23(32(47)43(4)5)14-21(27)8-9-22-15-24(11-13-28(22)36)33(48)44(6)7/h10-15,25-26,29-30,38H,8-9,16-18,20H2,1-7H3,(H,39,40,41,42)/t25-,26+,29+,30+/m1/s1. The Hall–Kier alpha value is -4.63. The zero-order chi connectivity index (χ0) is 34.5. The van der Waals surface area contributed by atoms with Crippen molar-refractivity contribution in [1.29, 1.82) is 5.26 Å². The highest BCUT2D eigenvalue weighted by atomic mass is 16.2. The van der Waals surface area contributed by atoms with E-state index < -0.39 is 5.41 Å². The maximum Gasteiger partial charge on any atom is 0.253 e. The molecule has 1 saturated heterocycles. The van der Waals surface area contributed by atoms with Gasteiger partial charge in [-0.15, -0.1) is 10.2 Å². The van der Waals surface area contributed by atoms with E-state index in [1.54, 1.807) is 42.9 Å². The molecule has 0 radical (unpaired) electrons. The molecule has 2 heterocycles. The summed E-state index contributed by atoms with van der Waals surface area (Å²) in [6.45, 7) is 6.51. The number of carbonyl (C=O) groups is 3. The third kappa shape index (κ3) is 5.85. The molecule has 0 spiro atoms. The smallest absolute Gasteiger partial charge is 0.253 e. The molecule has 3 aromatic rings. The van der Waals surface area contributed by atoms with Crippen LogP contribution in [0.5, 0.6) is 0 Å². The second-order valence-corrected chi connectivity index (χ2v) is 15.0. The van der Waals surface area contributed by atoms with Crippen molar-refractivity contribution in [3.63, 3.8) is 0 Å². The zero-order valence-corrected chi connectivity index (χ0v) is 28.9. The summed E-state index contributed by atoms with van der Waals surface area (Å²) in [7, 11) is 6.95. The van der Waals surface area contributed by atoms with Gasteiger partial charge in [0, 0.05) is 51.4 Å². The fraction of sp³-hybridized carbons (Fsp3) is 0.528. The molecule has 0 unspecified atom stereocenters. The molecule has 2 aliphatic carbocycles. The summed E-state index contributed by atoms with van der Waals surface area (Å²) in [5.74, 6) is 0.664. The highest BCUT2D eigenvalue weighted by Crippen LogP contribution is 2.49. The van der Waals surface area contributed by atoms with Gasteiger partial charge in [0.2, 0.25) is 5.91 Å². The Morgan fingerprint density at radius 3 is 2.06 bits per heavy atom. The zero-order valence-electron chi connectivity index (χ0n) is 28.9. The van der Waals surface area contributed by atoms with Crippen LogP contribution in [0, 0.1) is 22.7 Å². The lowest BCUT2D eigenvalue weighted by Crippen LogP contribution is -2.51. The van der Waals surface area contributed by atoms with Crippen molar-refractivity contribution >= 4 is 17.7 Å². The van der Waals surface area contributed by atoms with E-state index in [9.17, 15) is 19.6 Å². The fourth-order valence-corrected chi connectivity index (χ4v) is 7.75. The number of carbonyl (C=O) groups excluding carboxylic acids is 3. The Morgan fingerprint density at radius 2 is 1.58 bits per heavy atom. The molecule has 0 bridgehead atoms. The first-order valence-corrected chi connectivity index (χ1v) is 16.6. The van der Waals surface area contributed by atoms with Crippen molar-refractivity contribution in [3.8, 4) is 6.07 Å². The molecule has 3 aliphatic rings. The number of amides is 3. The molecule has 1 aliphatic heterocycles. The van der Waals surface area contributed by atoms with Crippen LogP contribution in [-0.2, 0) is 23.1 Å². The van der Waals surface area contributed by atoms with Crippen LogP contribution >= 0.6 is 0 Å². The van der Waals surface area contributed by atoms with Gasteiger partial charge in [-0.25, -0.2) is 0 Å². The summed E-state index contributed by atoms with van der Waals surface area (Å²) < 4.78 is 0. The number of hydrogen-bond acceptors (Lipinski definition) is 8. The van der Waals surface area contributed by atoms with E-state index in [0.717, 1.165) is 35.1 Å². The number of nitrogens with one attached hydrogen (secondary N) is 2. The summed E-state index contributed by atoms with van der Waals surface area (Å²) in [5, 5.41) is 29.3. The predicted octanol–water partition coefficient (Wildman–Crippen LogP) is 2.94. The van der Waals surface area contributed by atoms with E-state index in [2.05, 4.69) is 52.8 Å². The summed E-state index contributed by atoms with van der Waals surface area (Å²) in [6.07, 6.45) is 3.45. The molecule has 2 aromatic carbocycles. The van der Waals surface area contributed by atoms with E-state index in [1.807, 2.05) is 36.4 Å². The van der Waals surface area contributed by atoms with Crippen LogP contribution in [0.4, 0.5) is 0 Å². The first-order chi connectivity index (χ1) is 22.8. The Morgan fingerprint density at radius 1 is 1.00 bits per heavy atom. The third-order valence-electron chi connectivity index (χ3n) is 10.4. The average molecular weight is 652 g/mol. The second-order valence-electron chi connectivity index (χ2n) is 15.0. The van der Waals surface area contributed by atoms with E-state index in [-0.39, 0.29) is 47.8 Å². The molecule has 4 atom stereocenters. The molecular weight excluding hydrogens is 606 g/mol. The van der Waals surface area contributed by atoms with Gasteiger partial charge in [-0.3, -0.25) is 14.4 Å². The number of tetrazole rings is 1. The maximum atomic E-state index is 13.6. The van der Waals surface area contributed by atoms with Gasteiger partial charge in [-0.05, 0) is 90.0 Å². The number of hydrogen-bond donors (Lipinski definition) is 2. The van der Waals surface area contributed by atoms with E-state index in [1.165, 1.54) is 0 Å². The van der Waals surface area contributed by atoms with Crippen molar-refractivity contribution < 1.29 is 14.4 Å². The van der Waals surface area contributed by atoms with Gasteiger partial charge in [0.15, 0.2) is 5.82 Å². The number of likely N-dealkylation sites (tertiary alicyclic amines) is 1. The van der Waals surface area contributed by atoms with Crippen LogP contribution < -0.4 is 5.32 Å². The molecule has 2 fully saturated rings. The minimum atomic E-state index is -0.952. The fourth-order valence-electron chi connectivity index (χ4n) is 7.75. The molecule has 12 heteroatoms. The molecular formula is C36H45N9O3. The minimum absolute atomic E-state index is 0.0604. The number of H-pyrrole nitrogens is 1. The highest BCUT2D eigenvalue weighted by molar-refractivity contribution is 5.95. The minimum Gasteiger partial charge on any atom is -0.345 e. The van der Waals surface area contributed by atoms with Crippen LogP contribution in [0.3, 0.4) is 0 Å². The van der Waals surface area contributed by atoms with Gasteiger partial charge in [0.25, 0.3) is 11.8 Å². The SMILES string of the molecule is CN(C)C(=O)c1ccc2c(c1)CCc1cc(C(=O)N(C)C)ccc1C2(C[C@H](NCC(=O)N1[C@H](C#N)C[C@@H]2C[C@@H]21)C(C)(C)C)c1nn[nH]n1. The quantitative estimate of drug-likeness (QED) is 0.378. The Kier molecular flexibility index (Phi) is 8.62. The van der Waals surface area contributed by atoms with Gasteiger partial charge in [0.1, 0.15) is 6.04 Å². The van der Waals surface area contributed by atoms with Gasteiger partial charge >= 0.3 is 0 Å². The number of aryl methyl sites for hydroxylation is 2. The first kappa shape index (κ1) is 33.3. The Balaban J connectivity index is 1.49. The number of aromatic amines is 1. The number of nitrogens with zero attached hydrogens (tertiary/aromatic N) is 7. The van der Waals surface area contributed by atoms with E-state index in [0.29, 0.717) is 42.1 Å². The van der Waals surface area contributed by atoms with Gasteiger partial charge in [-0.1, -0.05) is 38.1 Å². The van der Waals surface area contributed by atoms with Gasteiger partial charge < -0.3 is 20.0 Å². The number of nitriles is 1. The Labute approximate surface area is 281 Å². The summed E-state index contributed by atoms with van der Waals surface area (Å²) in [4.78, 5) is 44.8. The number of piperidine rings is 1. The summed E-state index contributed by atoms with van der Waals surface area (Å²) in [6, 6.07) is 13.6. The third-order valence-corrected chi connectivity index (χ3v) is 10.4. The van der Waals surface area contributed by atoms with Crippen LogP contribution in [0.2, 0.25) is 0 Å². The number of aromatic nitrogens is 4. The van der Waals surface area contributed by atoms with Crippen molar-refractivity contribution in [1.82, 2.24) is 40.6 Å². The lowest BCUT2D eigenvalue weighted by atomic mass is 9.64. The van der Waals surface area contributed by atoms with Crippen LogP contribution in [0.1, 0.15) is 88.8 Å². The summed E-state index contributed by atoms with van der Waals surface area (Å²) >= 11 is 0. The monoisotopic (exact) mass is 651 g/mol. The molecule has 12 nitrogen and oxygen atoms in total. The van der Waals surface area contributed by atoms with Crippen LogP contribution in [0.25, 0.3) is 0 Å². The van der Waals surface area contributed by atoms with Gasteiger partial charge in [-0.2, -0.15) is 10.5 Å². The molecule has 48 heavy (non-hydrogen) atoms. The van der Waals surface area contributed by atoms with Crippen LogP contribution in [0.15, 0.2) is 36.4 Å². The molecule has 252 valence electrons. The molecule has 6 rings (SSSR count). The second kappa shape index (κ2) is 12.4. The van der Waals surface area contributed by atoms with E-state index >= 15 is 0 Å². The topological polar surface area (TPSA) is 151 Å². The molecule has 1 aromatic heterocycles. The van der Waals surface area contributed by atoms with Gasteiger partial charge in [0.05, 0.1) is 18.0 Å². The highest BCUT2D eigenvalue weighted by Gasteiger charge is 2.54. The lowest BCUT2D eigenvalue weighted by molar-refractivity contribution is -0.131. The normalized spacial score (nSPS) is 21.2. The predicted molar refractivity (Wildman–Crippen MR) is 179 cm³/mol.